The van der Waals surface area contributed by atoms with Crippen molar-refractivity contribution in [2.24, 2.45) is 0 Å². The third kappa shape index (κ3) is 3.16. The summed E-state index contributed by atoms with van der Waals surface area (Å²) in [7, 11) is 0. The molecule has 0 saturated carbocycles. The van der Waals surface area contributed by atoms with Crippen LogP contribution in [0.25, 0.3) is 0 Å². The van der Waals surface area contributed by atoms with Crippen LogP contribution in [0.4, 0.5) is 4.79 Å². The number of H-pyrrole nitrogens is 1. The van der Waals surface area contributed by atoms with Crippen molar-refractivity contribution in [3.63, 3.8) is 0 Å². The third-order valence-corrected chi connectivity index (χ3v) is 2.90. The van der Waals surface area contributed by atoms with Gasteiger partial charge in [-0.15, -0.1) is 10.2 Å². The van der Waals surface area contributed by atoms with E-state index in [1.807, 2.05) is 0 Å². The minimum atomic E-state index is -1.28. The molecule has 2 amide bonds. The van der Waals surface area contributed by atoms with Gasteiger partial charge in [-0.05, 0) is 0 Å². The number of aliphatic carboxylic acids is 1. The molecular weight excluding hydrogens is 256 g/mol. The number of urea groups is 1. The van der Waals surface area contributed by atoms with E-state index in [0.29, 0.717) is 19.0 Å². The lowest BCUT2D eigenvalue weighted by Gasteiger charge is -2.33. The maximum Gasteiger partial charge on any atom is 0.329 e. The van der Waals surface area contributed by atoms with Gasteiger partial charge >= 0.3 is 12.0 Å². The zero-order valence-electron chi connectivity index (χ0n) is 10.0. The Morgan fingerprint density at radius 1 is 1.42 bits per heavy atom. The average Bonchev–Trinajstić information content (AvgIpc) is 2.90. The predicted molar refractivity (Wildman–Crippen MR) is 60.0 cm³/mol. The van der Waals surface area contributed by atoms with E-state index in [1.165, 1.54) is 0 Å². The number of rotatable bonds is 4. The first-order chi connectivity index (χ1) is 9.12. The molecule has 1 aliphatic rings. The zero-order chi connectivity index (χ0) is 13.7. The number of carbonyl (C=O) groups excluding carboxylic acids is 1. The number of nitrogens with one attached hydrogen (secondary N) is 3. The monoisotopic (exact) mass is 270 g/mol. The number of carboxylic acids is 1. The Morgan fingerprint density at radius 3 is 2.74 bits per heavy atom. The number of ether oxygens (including phenoxy) is 1. The molecule has 2 heterocycles. The Bertz CT molecular complexity index is 442. The van der Waals surface area contributed by atoms with Crippen LogP contribution in [0.2, 0.25) is 0 Å². The predicted octanol–water partition coefficient (Wildman–Crippen LogP) is -1.37. The van der Waals surface area contributed by atoms with Crippen LogP contribution in [-0.2, 0) is 16.1 Å². The molecule has 1 aromatic rings. The Kier molecular flexibility index (Phi) is 3.90. The summed E-state index contributed by atoms with van der Waals surface area (Å²) in [5, 5.41) is 27.1. The molecule has 1 aromatic heterocycles. The van der Waals surface area contributed by atoms with E-state index in [2.05, 4.69) is 31.3 Å². The van der Waals surface area contributed by atoms with Crippen molar-refractivity contribution in [2.75, 3.05) is 13.2 Å². The molecule has 0 aromatic carbocycles. The molecule has 0 spiro atoms. The van der Waals surface area contributed by atoms with E-state index in [0.717, 1.165) is 0 Å². The van der Waals surface area contributed by atoms with Gasteiger partial charge in [-0.3, -0.25) is 0 Å². The Morgan fingerprint density at radius 2 is 2.16 bits per heavy atom. The molecule has 1 saturated heterocycles. The Balaban J connectivity index is 1.90. The van der Waals surface area contributed by atoms with Crippen LogP contribution in [0, 0.1) is 0 Å². The van der Waals surface area contributed by atoms with Crippen LogP contribution in [0.5, 0.6) is 0 Å². The molecule has 0 bridgehead atoms. The van der Waals surface area contributed by atoms with Crippen LogP contribution < -0.4 is 10.6 Å². The number of nitrogens with zero attached hydrogens (tertiary/aromatic N) is 3. The first kappa shape index (κ1) is 13.2. The van der Waals surface area contributed by atoms with Crippen LogP contribution in [0.3, 0.4) is 0 Å². The van der Waals surface area contributed by atoms with Crippen molar-refractivity contribution in [2.45, 2.75) is 24.9 Å². The third-order valence-electron chi connectivity index (χ3n) is 2.90. The van der Waals surface area contributed by atoms with Crippen LogP contribution in [0.1, 0.15) is 18.7 Å². The molecule has 2 rings (SSSR count). The first-order valence-corrected chi connectivity index (χ1v) is 5.72. The number of hydrogen-bond donors (Lipinski definition) is 4. The first-order valence-electron chi connectivity index (χ1n) is 5.72. The number of aromatic nitrogens is 4. The van der Waals surface area contributed by atoms with Gasteiger partial charge < -0.3 is 20.5 Å². The van der Waals surface area contributed by atoms with Gasteiger partial charge in [-0.25, -0.2) is 9.59 Å². The quantitative estimate of drug-likeness (QED) is 0.528. The van der Waals surface area contributed by atoms with Crippen LogP contribution in [0.15, 0.2) is 0 Å². The molecule has 0 unspecified atom stereocenters. The van der Waals surface area contributed by atoms with Crippen molar-refractivity contribution in [1.82, 2.24) is 31.3 Å². The van der Waals surface area contributed by atoms with Gasteiger partial charge in [0.05, 0.1) is 6.54 Å². The number of tetrazole rings is 1. The summed E-state index contributed by atoms with van der Waals surface area (Å²) in [6, 6.07) is -0.589. The van der Waals surface area contributed by atoms with Gasteiger partial charge in [0.2, 0.25) is 0 Å². The van der Waals surface area contributed by atoms with Crippen molar-refractivity contribution in [3.05, 3.63) is 5.82 Å². The van der Waals surface area contributed by atoms with Gasteiger partial charge in [0, 0.05) is 26.1 Å². The fourth-order valence-corrected chi connectivity index (χ4v) is 1.79. The molecule has 0 aliphatic carbocycles. The number of carboxylic acid groups (broad SMARTS) is 1. The lowest BCUT2D eigenvalue weighted by Crippen LogP contribution is -2.59. The number of carbonyl (C=O) groups is 2. The summed E-state index contributed by atoms with van der Waals surface area (Å²) in [5.41, 5.74) is -1.28. The highest BCUT2D eigenvalue weighted by molar-refractivity contribution is 5.86. The molecule has 0 radical (unpaired) electrons. The van der Waals surface area contributed by atoms with E-state index < -0.39 is 17.5 Å². The summed E-state index contributed by atoms with van der Waals surface area (Å²) in [6.07, 6.45) is 0.468. The van der Waals surface area contributed by atoms with E-state index in [4.69, 9.17) is 4.74 Å². The summed E-state index contributed by atoms with van der Waals surface area (Å²) in [6.45, 7) is 0.670. The smallest absolute Gasteiger partial charge is 0.329 e. The van der Waals surface area contributed by atoms with Crippen molar-refractivity contribution in [1.29, 1.82) is 0 Å². The molecular formula is C9H14N6O4. The highest BCUT2D eigenvalue weighted by Crippen LogP contribution is 2.20. The fourth-order valence-electron chi connectivity index (χ4n) is 1.79. The molecule has 1 aliphatic heterocycles. The summed E-state index contributed by atoms with van der Waals surface area (Å²) in [4.78, 5) is 23.0. The van der Waals surface area contributed by atoms with Crippen LogP contribution >= 0.6 is 0 Å². The second-order valence-corrected chi connectivity index (χ2v) is 4.14. The maximum absolute atomic E-state index is 11.7. The van der Waals surface area contributed by atoms with Crippen LogP contribution in [-0.4, -0.2) is 56.5 Å². The maximum atomic E-state index is 11.7. The molecule has 4 N–H and O–H groups in total. The summed E-state index contributed by atoms with van der Waals surface area (Å²) < 4.78 is 5.11. The molecule has 1 fully saturated rings. The van der Waals surface area contributed by atoms with Gasteiger partial charge in [-0.1, -0.05) is 5.21 Å². The number of amides is 2. The van der Waals surface area contributed by atoms with Gasteiger partial charge in [0.25, 0.3) is 0 Å². The molecule has 10 heteroatoms. The molecule has 19 heavy (non-hydrogen) atoms. The second kappa shape index (κ2) is 5.61. The highest BCUT2D eigenvalue weighted by atomic mass is 16.5. The van der Waals surface area contributed by atoms with E-state index in [1.54, 1.807) is 0 Å². The summed E-state index contributed by atoms with van der Waals surface area (Å²) >= 11 is 0. The van der Waals surface area contributed by atoms with Gasteiger partial charge in [0.15, 0.2) is 5.82 Å². The highest BCUT2D eigenvalue weighted by Gasteiger charge is 2.41. The normalized spacial score (nSPS) is 17.7. The standard InChI is InChI=1S/C9H14N6O4/c16-7(17)9(1-3-19-4-2-9)11-8(18)10-5-6-12-14-15-13-6/h1-5H2,(H,16,17)(H2,10,11,18)(H,12,13,14,15). The summed E-state index contributed by atoms with van der Waals surface area (Å²) in [5.74, 6) is -0.753. The Labute approximate surface area is 107 Å². The van der Waals surface area contributed by atoms with Crippen molar-refractivity contribution >= 4 is 12.0 Å². The average molecular weight is 270 g/mol. The Hall–Kier alpha value is -2.23. The van der Waals surface area contributed by atoms with E-state index in [9.17, 15) is 14.7 Å². The minimum absolute atomic E-state index is 0.0640. The molecule has 0 atom stereocenters. The minimum Gasteiger partial charge on any atom is -0.480 e. The lowest BCUT2D eigenvalue weighted by atomic mass is 9.90. The number of aromatic amines is 1. The van der Waals surface area contributed by atoms with Crippen molar-refractivity contribution < 1.29 is 19.4 Å². The van der Waals surface area contributed by atoms with Gasteiger partial charge in [0.1, 0.15) is 5.54 Å². The molecule has 10 nitrogen and oxygen atoms in total. The fraction of sp³-hybridized carbons (Fsp3) is 0.667. The zero-order valence-corrected chi connectivity index (χ0v) is 10.0. The van der Waals surface area contributed by atoms with E-state index >= 15 is 0 Å². The topological polar surface area (TPSA) is 142 Å². The largest absolute Gasteiger partial charge is 0.480 e. The SMILES string of the molecule is O=C(NCc1nn[nH]n1)NC1(C(=O)O)CCOCC1. The lowest BCUT2D eigenvalue weighted by molar-refractivity contribution is -0.148. The van der Waals surface area contributed by atoms with Crippen molar-refractivity contribution in [3.8, 4) is 0 Å². The number of hydrogen-bond acceptors (Lipinski definition) is 6. The second-order valence-electron chi connectivity index (χ2n) is 4.14. The molecule has 104 valence electrons. The van der Waals surface area contributed by atoms with E-state index in [-0.39, 0.29) is 19.4 Å². The van der Waals surface area contributed by atoms with Gasteiger partial charge in [-0.2, -0.15) is 5.21 Å².